The van der Waals surface area contributed by atoms with Gasteiger partial charge in [0, 0.05) is 0 Å². The summed E-state index contributed by atoms with van der Waals surface area (Å²) < 4.78 is 11.2. The van der Waals surface area contributed by atoms with Gasteiger partial charge in [0.25, 0.3) is 0 Å². The van der Waals surface area contributed by atoms with Crippen molar-refractivity contribution >= 4 is 21.9 Å². The molecule has 0 radical (unpaired) electrons. The molecule has 0 aliphatic carbocycles. The van der Waals surface area contributed by atoms with E-state index >= 15 is 0 Å². The Balaban J connectivity index is 2.78. The molecule has 1 aromatic rings. The molecule has 100 valence electrons. The van der Waals surface area contributed by atoms with E-state index in [9.17, 15) is 4.79 Å². The van der Waals surface area contributed by atoms with Crippen molar-refractivity contribution in [2.45, 2.75) is 33.0 Å². The average molecular weight is 317 g/mol. The molecular weight excluding hydrogens is 300 g/mol. The highest BCUT2D eigenvalue weighted by atomic mass is 79.9. The number of aliphatic hydroxyl groups is 1. The predicted molar refractivity (Wildman–Crippen MR) is 71.4 cm³/mol. The summed E-state index contributed by atoms with van der Waals surface area (Å²) in [6.07, 6.45) is -0.0752. The monoisotopic (exact) mass is 316 g/mol. The predicted octanol–water partition coefficient (Wildman–Crippen LogP) is 2.66. The topological polar surface area (TPSA) is 55.8 Å². The molecular formula is C13H17BrO4. The second kappa shape index (κ2) is 7.38. The molecule has 4 nitrogen and oxygen atoms in total. The molecule has 0 spiro atoms. The smallest absolute Gasteiger partial charge is 0.347 e. The van der Waals surface area contributed by atoms with Gasteiger partial charge in [-0.25, -0.2) is 4.79 Å². The Morgan fingerprint density at radius 2 is 2.17 bits per heavy atom. The van der Waals surface area contributed by atoms with Crippen LogP contribution in [0.15, 0.2) is 22.7 Å². The van der Waals surface area contributed by atoms with E-state index in [0.717, 1.165) is 5.56 Å². The number of rotatable bonds is 6. The Labute approximate surface area is 115 Å². The lowest BCUT2D eigenvalue weighted by Gasteiger charge is -2.17. The van der Waals surface area contributed by atoms with Gasteiger partial charge in [-0.1, -0.05) is 13.0 Å². The second-order valence-corrected chi connectivity index (χ2v) is 4.54. The van der Waals surface area contributed by atoms with Gasteiger partial charge >= 0.3 is 5.97 Å². The number of carbonyl (C=O) groups excluding carboxylic acids is 1. The Morgan fingerprint density at radius 3 is 2.67 bits per heavy atom. The van der Waals surface area contributed by atoms with Crippen molar-refractivity contribution in [3.8, 4) is 5.75 Å². The molecule has 1 atom stereocenters. The minimum atomic E-state index is -0.610. The maximum atomic E-state index is 11.6. The highest BCUT2D eigenvalue weighted by Gasteiger charge is 2.20. The van der Waals surface area contributed by atoms with Crippen LogP contribution in [0.2, 0.25) is 0 Å². The van der Waals surface area contributed by atoms with Crippen LogP contribution in [-0.2, 0) is 16.1 Å². The molecule has 5 heteroatoms. The molecule has 0 fully saturated rings. The summed E-state index contributed by atoms with van der Waals surface area (Å²) in [6.45, 7) is 3.92. The summed E-state index contributed by atoms with van der Waals surface area (Å²) in [5, 5.41) is 9.00. The first-order valence-corrected chi connectivity index (χ1v) is 6.64. The van der Waals surface area contributed by atoms with Crippen LogP contribution in [0.3, 0.4) is 0 Å². The Kier molecular flexibility index (Phi) is 6.15. The zero-order chi connectivity index (χ0) is 13.5. The van der Waals surface area contributed by atoms with Gasteiger partial charge in [0.15, 0.2) is 6.10 Å². The van der Waals surface area contributed by atoms with E-state index in [1.54, 1.807) is 25.1 Å². The highest BCUT2D eigenvalue weighted by molar-refractivity contribution is 9.10. The molecule has 1 aromatic carbocycles. The second-order valence-electron chi connectivity index (χ2n) is 3.69. The van der Waals surface area contributed by atoms with Gasteiger partial charge in [0.05, 0.1) is 17.7 Å². The maximum Gasteiger partial charge on any atom is 0.347 e. The summed E-state index contributed by atoms with van der Waals surface area (Å²) in [6, 6.07) is 5.22. The highest BCUT2D eigenvalue weighted by Crippen LogP contribution is 2.27. The first-order valence-electron chi connectivity index (χ1n) is 5.84. The number of hydrogen-bond donors (Lipinski definition) is 1. The Morgan fingerprint density at radius 1 is 1.44 bits per heavy atom. The van der Waals surface area contributed by atoms with Crippen molar-refractivity contribution in [3.05, 3.63) is 28.2 Å². The largest absolute Gasteiger partial charge is 0.478 e. The minimum Gasteiger partial charge on any atom is -0.478 e. The van der Waals surface area contributed by atoms with Crippen molar-refractivity contribution in [1.29, 1.82) is 0 Å². The molecule has 1 unspecified atom stereocenters. The van der Waals surface area contributed by atoms with E-state index in [4.69, 9.17) is 14.6 Å². The number of carbonyl (C=O) groups is 1. The third-order valence-electron chi connectivity index (χ3n) is 2.37. The quantitative estimate of drug-likeness (QED) is 0.820. The summed E-state index contributed by atoms with van der Waals surface area (Å²) in [7, 11) is 0. The molecule has 18 heavy (non-hydrogen) atoms. The van der Waals surface area contributed by atoms with Crippen LogP contribution in [0, 0.1) is 0 Å². The fraction of sp³-hybridized carbons (Fsp3) is 0.462. The van der Waals surface area contributed by atoms with E-state index in [1.807, 2.05) is 6.92 Å². The van der Waals surface area contributed by atoms with Crippen LogP contribution >= 0.6 is 15.9 Å². The molecule has 0 heterocycles. The molecule has 0 aromatic heterocycles. The van der Waals surface area contributed by atoms with Gasteiger partial charge in [0.2, 0.25) is 0 Å². The van der Waals surface area contributed by atoms with Crippen LogP contribution in [0.5, 0.6) is 5.75 Å². The number of benzene rings is 1. The van der Waals surface area contributed by atoms with Gasteiger partial charge in [-0.15, -0.1) is 0 Å². The fourth-order valence-corrected chi connectivity index (χ4v) is 1.94. The van der Waals surface area contributed by atoms with Gasteiger partial charge in [-0.2, -0.15) is 0 Å². The lowest BCUT2D eigenvalue weighted by Crippen LogP contribution is -2.28. The molecule has 1 rings (SSSR count). The van der Waals surface area contributed by atoms with Crippen molar-refractivity contribution in [2.24, 2.45) is 0 Å². The molecule has 0 bridgehead atoms. The summed E-state index contributed by atoms with van der Waals surface area (Å²) in [4.78, 5) is 11.6. The lowest BCUT2D eigenvalue weighted by atomic mass is 10.2. The van der Waals surface area contributed by atoms with E-state index < -0.39 is 6.10 Å². The number of ether oxygens (including phenoxy) is 2. The SMILES string of the molecule is CCOC(=O)C(CC)Oc1ccc(CO)cc1Br. The summed E-state index contributed by atoms with van der Waals surface area (Å²) in [5.74, 6) is 0.199. The lowest BCUT2D eigenvalue weighted by molar-refractivity contribution is -0.151. The standard InChI is InChI=1S/C13H17BrO4/c1-3-11(13(16)17-4-2)18-12-6-5-9(8-15)7-10(12)14/h5-7,11,15H,3-4,8H2,1-2H3. The van der Waals surface area contributed by atoms with Gasteiger partial charge in [-0.05, 0) is 47.0 Å². The Bertz CT molecular complexity index is 406. The summed E-state index contributed by atoms with van der Waals surface area (Å²) in [5.41, 5.74) is 0.776. The molecule has 0 aliphatic heterocycles. The van der Waals surface area contributed by atoms with Crippen molar-refractivity contribution in [2.75, 3.05) is 6.61 Å². The molecule has 1 N–H and O–H groups in total. The first-order chi connectivity index (χ1) is 8.62. The molecule has 0 aliphatic rings. The van der Waals surface area contributed by atoms with Crippen LogP contribution in [0.25, 0.3) is 0 Å². The van der Waals surface area contributed by atoms with Crippen molar-refractivity contribution in [3.63, 3.8) is 0 Å². The van der Waals surface area contributed by atoms with E-state index in [2.05, 4.69) is 15.9 Å². The third-order valence-corrected chi connectivity index (χ3v) is 2.99. The van der Waals surface area contributed by atoms with E-state index in [1.165, 1.54) is 0 Å². The molecule has 0 saturated carbocycles. The van der Waals surface area contributed by atoms with Crippen molar-refractivity contribution < 1.29 is 19.4 Å². The third kappa shape index (κ3) is 3.99. The zero-order valence-corrected chi connectivity index (χ0v) is 12.1. The number of hydrogen-bond acceptors (Lipinski definition) is 4. The minimum absolute atomic E-state index is 0.0338. The van der Waals surface area contributed by atoms with Crippen molar-refractivity contribution in [1.82, 2.24) is 0 Å². The van der Waals surface area contributed by atoms with Crippen LogP contribution in [-0.4, -0.2) is 23.8 Å². The molecule has 0 saturated heterocycles. The Hall–Kier alpha value is -1.07. The fourth-order valence-electron chi connectivity index (χ4n) is 1.42. The van der Waals surface area contributed by atoms with Crippen LogP contribution < -0.4 is 4.74 Å². The average Bonchev–Trinajstić information content (AvgIpc) is 2.37. The number of aliphatic hydroxyl groups excluding tert-OH is 1. The van der Waals surface area contributed by atoms with E-state index in [-0.39, 0.29) is 12.6 Å². The van der Waals surface area contributed by atoms with E-state index in [0.29, 0.717) is 23.2 Å². The zero-order valence-electron chi connectivity index (χ0n) is 10.5. The van der Waals surface area contributed by atoms with Crippen LogP contribution in [0.1, 0.15) is 25.8 Å². The normalized spacial score (nSPS) is 12.0. The summed E-state index contributed by atoms with van der Waals surface area (Å²) >= 11 is 3.35. The number of halogens is 1. The number of esters is 1. The van der Waals surface area contributed by atoms with Gasteiger partial charge < -0.3 is 14.6 Å². The maximum absolute atomic E-state index is 11.6. The van der Waals surface area contributed by atoms with Gasteiger partial charge in [-0.3, -0.25) is 0 Å². The van der Waals surface area contributed by atoms with Gasteiger partial charge in [0.1, 0.15) is 5.75 Å². The first kappa shape index (κ1) is 15.0. The molecule has 0 amide bonds. The van der Waals surface area contributed by atoms with Crippen LogP contribution in [0.4, 0.5) is 0 Å².